The van der Waals surface area contributed by atoms with Gasteiger partial charge in [-0.2, -0.15) is 0 Å². The zero-order valence-electron chi connectivity index (χ0n) is 12.4. The number of rotatable bonds is 8. The van der Waals surface area contributed by atoms with E-state index in [4.69, 9.17) is 5.73 Å². The Morgan fingerprint density at radius 2 is 1.78 bits per heavy atom. The lowest BCUT2D eigenvalue weighted by Crippen LogP contribution is -2.36. The van der Waals surface area contributed by atoms with Crippen LogP contribution in [-0.2, 0) is 0 Å². The Bertz CT molecular complexity index is 199. The van der Waals surface area contributed by atoms with Gasteiger partial charge in [-0.3, -0.25) is 0 Å². The zero-order valence-corrected chi connectivity index (χ0v) is 12.4. The molecule has 1 aliphatic rings. The molecule has 18 heavy (non-hydrogen) atoms. The first-order valence-electron chi connectivity index (χ1n) is 8.11. The van der Waals surface area contributed by atoms with Crippen LogP contribution in [0.5, 0.6) is 0 Å². The fraction of sp³-hybridized carbons (Fsp3) is 1.00. The van der Waals surface area contributed by atoms with Crippen molar-refractivity contribution in [2.24, 2.45) is 23.5 Å². The molecular weight excluding hydrogens is 222 g/mol. The average Bonchev–Trinajstić information content (AvgIpc) is 2.42. The van der Waals surface area contributed by atoms with Gasteiger partial charge in [-0.15, -0.1) is 0 Å². The molecular formula is C16H33NO. The second-order valence-electron chi connectivity index (χ2n) is 6.20. The molecule has 1 saturated carbocycles. The van der Waals surface area contributed by atoms with Crippen molar-refractivity contribution in [3.05, 3.63) is 0 Å². The smallest absolute Gasteiger partial charge is 0.0608 e. The van der Waals surface area contributed by atoms with Gasteiger partial charge in [-0.25, -0.2) is 0 Å². The van der Waals surface area contributed by atoms with E-state index in [0.717, 1.165) is 18.8 Å². The van der Waals surface area contributed by atoms with Crippen LogP contribution in [0.2, 0.25) is 0 Å². The van der Waals surface area contributed by atoms with Crippen LogP contribution in [-0.4, -0.2) is 17.8 Å². The minimum atomic E-state index is -0.151. The molecule has 1 aliphatic carbocycles. The van der Waals surface area contributed by atoms with Crippen LogP contribution in [0.1, 0.15) is 71.6 Å². The Morgan fingerprint density at radius 3 is 2.28 bits per heavy atom. The third-order valence-electron chi connectivity index (χ3n) is 4.79. The van der Waals surface area contributed by atoms with E-state index >= 15 is 0 Å². The highest BCUT2D eigenvalue weighted by Crippen LogP contribution is 2.35. The third kappa shape index (κ3) is 4.89. The molecule has 1 rings (SSSR count). The van der Waals surface area contributed by atoms with Gasteiger partial charge in [0.1, 0.15) is 0 Å². The molecule has 2 nitrogen and oxygen atoms in total. The molecule has 1 fully saturated rings. The van der Waals surface area contributed by atoms with Crippen molar-refractivity contribution in [1.82, 2.24) is 0 Å². The largest absolute Gasteiger partial charge is 0.393 e. The van der Waals surface area contributed by atoms with E-state index in [-0.39, 0.29) is 6.10 Å². The van der Waals surface area contributed by atoms with Gasteiger partial charge < -0.3 is 10.8 Å². The molecule has 0 heterocycles. The molecule has 0 aromatic carbocycles. The summed E-state index contributed by atoms with van der Waals surface area (Å²) in [5.41, 5.74) is 5.80. The van der Waals surface area contributed by atoms with Gasteiger partial charge in [-0.1, -0.05) is 52.4 Å². The fourth-order valence-electron chi connectivity index (χ4n) is 3.49. The molecule has 2 heteroatoms. The summed E-state index contributed by atoms with van der Waals surface area (Å²) in [5.74, 6) is 1.77. The first-order chi connectivity index (χ1) is 8.72. The number of nitrogens with two attached hydrogens (primary N) is 1. The summed E-state index contributed by atoms with van der Waals surface area (Å²) in [6.45, 7) is 5.09. The Kier molecular flexibility index (Phi) is 7.92. The summed E-state index contributed by atoms with van der Waals surface area (Å²) >= 11 is 0. The van der Waals surface area contributed by atoms with Gasteiger partial charge >= 0.3 is 0 Å². The first kappa shape index (κ1) is 16.0. The lowest BCUT2D eigenvalue weighted by Gasteiger charge is -2.34. The standard InChI is InChI=1S/C16H33NO/c1-3-5-7-13-8-10-14(11-9-13)16(18)15(12-17)6-4-2/h13-16,18H,3-12,17H2,1-2H3. The van der Waals surface area contributed by atoms with Crippen LogP contribution in [0.3, 0.4) is 0 Å². The molecule has 0 aliphatic heterocycles. The maximum atomic E-state index is 10.4. The summed E-state index contributed by atoms with van der Waals surface area (Å²) < 4.78 is 0. The number of hydrogen-bond donors (Lipinski definition) is 2. The van der Waals surface area contributed by atoms with Crippen LogP contribution in [0.15, 0.2) is 0 Å². The van der Waals surface area contributed by atoms with E-state index in [1.165, 1.54) is 44.9 Å². The van der Waals surface area contributed by atoms with E-state index < -0.39 is 0 Å². The number of hydrogen-bond acceptors (Lipinski definition) is 2. The molecule has 0 bridgehead atoms. The van der Waals surface area contributed by atoms with Crippen molar-refractivity contribution in [2.45, 2.75) is 77.7 Å². The highest BCUT2D eigenvalue weighted by atomic mass is 16.3. The monoisotopic (exact) mass is 255 g/mol. The maximum absolute atomic E-state index is 10.4. The average molecular weight is 255 g/mol. The van der Waals surface area contributed by atoms with Crippen LogP contribution >= 0.6 is 0 Å². The van der Waals surface area contributed by atoms with Crippen LogP contribution in [0.4, 0.5) is 0 Å². The third-order valence-corrected chi connectivity index (χ3v) is 4.79. The topological polar surface area (TPSA) is 46.2 Å². The van der Waals surface area contributed by atoms with E-state index in [9.17, 15) is 5.11 Å². The molecule has 0 amide bonds. The van der Waals surface area contributed by atoms with Crippen molar-refractivity contribution >= 4 is 0 Å². The number of unbranched alkanes of at least 4 members (excludes halogenated alkanes) is 1. The molecule has 0 aromatic heterocycles. The van der Waals surface area contributed by atoms with Crippen molar-refractivity contribution in [1.29, 1.82) is 0 Å². The first-order valence-corrected chi connectivity index (χ1v) is 8.11. The van der Waals surface area contributed by atoms with Gasteiger partial charge in [0.05, 0.1) is 6.10 Å². The highest BCUT2D eigenvalue weighted by Gasteiger charge is 2.30. The van der Waals surface area contributed by atoms with Gasteiger partial charge in [-0.05, 0) is 43.6 Å². The van der Waals surface area contributed by atoms with Gasteiger partial charge in [0.2, 0.25) is 0 Å². The molecule has 2 atom stereocenters. The van der Waals surface area contributed by atoms with Gasteiger partial charge in [0.25, 0.3) is 0 Å². The summed E-state index contributed by atoms with van der Waals surface area (Å²) in [6.07, 6.45) is 11.2. The Hall–Kier alpha value is -0.0800. The summed E-state index contributed by atoms with van der Waals surface area (Å²) in [4.78, 5) is 0. The van der Waals surface area contributed by atoms with Crippen molar-refractivity contribution in [3.63, 3.8) is 0 Å². The molecule has 0 radical (unpaired) electrons. The Balaban J connectivity index is 2.32. The quantitative estimate of drug-likeness (QED) is 0.694. The summed E-state index contributed by atoms with van der Waals surface area (Å²) in [6, 6.07) is 0. The maximum Gasteiger partial charge on any atom is 0.0608 e. The predicted molar refractivity (Wildman–Crippen MR) is 78.4 cm³/mol. The summed E-state index contributed by atoms with van der Waals surface area (Å²) in [5, 5.41) is 10.4. The van der Waals surface area contributed by atoms with E-state index in [1.807, 2.05) is 0 Å². The SMILES string of the molecule is CCCCC1CCC(C(O)C(CN)CCC)CC1. The van der Waals surface area contributed by atoms with Crippen LogP contribution < -0.4 is 5.73 Å². The minimum absolute atomic E-state index is 0.151. The highest BCUT2D eigenvalue weighted by molar-refractivity contribution is 4.82. The lowest BCUT2D eigenvalue weighted by atomic mass is 9.74. The Morgan fingerprint density at radius 1 is 1.11 bits per heavy atom. The molecule has 0 saturated heterocycles. The normalized spacial score (nSPS) is 28.0. The van der Waals surface area contributed by atoms with Crippen LogP contribution in [0.25, 0.3) is 0 Å². The lowest BCUT2D eigenvalue weighted by molar-refractivity contribution is 0.0247. The molecule has 108 valence electrons. The van der Waals surface area contributed by atoms with Crippen molar-refractivity contribution < 1.29 is 5.11 Å². The summed E-state index contributed by atoms with van der Waals surface area (Å²) in [7, 11) is 0. The zero-order chi connectivity index (χ0) is 13.4. The second kappa shape index (κ2) is 8.92. The van der Waals surface area contributed by atoms with Crippen molar-refractivity contribution in [2.75, 3.05) is 6.54 Å². The molecule has 3 N–H and O–H groups in total. The minimum Gasteiger partial charge on any atom is -0.393 e. The predicted octanol–water partition coefficient (Wildman–Crippen LogP) is 3.72. The molecule has 2 unspecified atom stereocenters. The van der Waals surface area contributed by atoms with Gasteiger partial charge in [0.15, 0.2) is 0 Å². The molecule has 0 spiro atoms. The number of aliphatic hydroxyl groups excluding tert-OH is 1. The fourth-order valence-corrected chi connectivity index (χ4v) is 3.49. The van der Waals surface area contributed by atoms with E-state index in [1.54, 1.807) is 0 Å². The van der Waals surface area contributed by atoms with Gasteiger partial charge in [0, 0.05) is 0 Å². The second-order valence-corrected chi connectivity index (χ2v) is 6.20. The van der Waals surface area contributed by atoms with Crippen LogP contribution in [0, 0.1) is 17.8 Å². The van der Waals surface area contributed by atoms with E-state index in [2.05, 4.69) is 13.8 Å². The number of aliphatic hydroxyl groups is 1. The van der Waals surface area contributed by atoms with E-state index in [0.29, 0.717) is 18.4 Å². The van der Waals surface area contributed by atoms with Crippen molar-refractivity contribution in [3.8, 4) is 0 Å². The Labute approximate surface area is 113 Å². The molecule has 0 aromatic rings.